The number of fused-ring (bicyclic) bond motifs is 1. The fourth-order valence-corrected chi connectivity index (χ4v) is 3.86. The Balaban J connectivity index is 1.95. The Morgan fingerprint density at radius 3 is 2.81 bits per heavy atom. The molecule has 21 heavy (non-hydrogen) atoms. The summed E-state index contributed by atoms with van der Waals surface area (Å²) in [6.45, 7) is 5.17. The molecule has 0 radical (unpaired) electrons. The lowest BCUT2D eigenvalue weighted by molar-refractivity contribution is 0.236. The van der Waals surface area contributed by atoms with Gasteiger partial charge in [0.15, 0.2) is 0 Å². The number of rotatable bonds is 3. The van der Waals surface area contributed by atoms with Crippen LogP contribution in [0.1, 0.15) is 49.8 Å². The van der Waals surface area contributed by atoms with E-state index in [0.717, 1.165) is 23.7 Å². The minimum atomic E-state index is 0.624. The highest BCUT2D eigenvalue weighted by Crippen LogP contribution is 2.41. The number of aromatic nitrogens is 1. The predicted molar refractivity (Wildman–Crippen MR) is 89.4 cm³/mol. The first kappa shape index (κ1) is 14.5. The van der Waals surface area contributed by atoms with E-state index in [9.17, 15) is 0 Å². The fourth-order valence-electron chi connectivity index (χ4n) is 3.86. The van der Waals surface area contributed by atoms with Crippen LogP contribution >= 0.6 is 0 Å². The molecule has 3 rings (SSSR count). The Kier molecular flexibility index (Phi) is 4.25. The van der Waals surface area contributed by atoms with Crippen molar-refractivity contribution in [3.05, 3.63) is 41.6 Å². The lowest BCUT2D eigenvalue weighted by Gasteiger charge is -2.35. The molecule has 0 saturated heterocycles. The zero-order valence-electron chi connectivity index (χ0n) is 13.2. The van der Waals surface area contributed by atoms with Crippen molar-refractivity contribution < 1.29 is 0 Å². The first-order valence-corrected chi connectivity index (χ1v) is 8.28. The van der Waals surface area contributed by atoms with Crippen molar-refractivity contribution in [3.8, 4) is 0 Å². The largest absolute Gasteiger partial charge is 0.330 e. The van der Waals surface area contributed by atoms with E-state index >= 15 is 0 Å². The highest BCUT2D eigenvalue weighted by Gasteiger charge is 2.30. The summed E-state index contributed by atoms with van der Waals surface area (Å²) in [6.07, 6.45) is 5.22. The molecule has 2 nitrogen and oxygen atoms in total. The monoisotopic (exact) mass is 282 g/mol. The van der Waals surface area contributed by atoms with Crippen LogP contribution in [0.4, 0.5) is 0 Å². The van der Waals surface area contributed by atoms with Crippen molar-refractivity contribution in [2.24, 2.45) is 17.6 Å². The Morgan fingerprint density at radius 2 is 2.05 bits per heavy atom. The molecule has 1 aromatic carbocycles. The van der Waals surface area contributed by atoms with Crippen molar-refractivity contribution in [1.29, 1.82) is 0 Å². The molecule has 0 amide bonds. The normalized spacial score (nSPS) is 26.1. The summed E-state index contributed by atoms with van der Waals surface area (Å²) in [6, 6.07) is 11.1. The Morgan fingerprint density at radius 1 is 1.19 bits per heavy atom. The molecule has 1 aromatic heterocycles. The maximum atomic E-state index is 6.04. The zero-order chi connectivity index (χ0) is 14.8. The summed E-state index contributed by atoms with van der Waals surface area (Å²) >= 11 is 0. The average molecular weight is 282 g/mol. The Labute approximate surface area is 127 Å². The van der Waals surface area contributed by atoms with E-state index in [4.69, 9.17) is 5.73 Å². The second kappa shape index (κ2) is 6.15. The molecule has 0 aliphatic heterocycles. The van der Waals surface area contributed by atoms with E-state index in [1.165, 1.54) is 36.6 Å². The predicted octanol–water partition coefficient (Wildman–Crippen LogP) is 4.41. The molecule has 1 heterocycles. The summed E-state index contributed by atoms with van der Waals surface area (Å²) in [7, 11) is 0. The van der Waals surface area contributed by atoms with Crippen LogP contribution in [-0.4, -0.2) is 11.5 Å². The molecule has 3 atom stereocenters. The van der Waals surface area contributed by atoms with Gasteiger partial charge in [-0.05, 0) is 67.8 Å². The number of nitrogens with zero attached hydrogens (tertiary/aromatic N) is 1. The number of aryl methyl sites for hydroxylation is 1. The first-order valence-electron chi connectivity index (χ1n) is 8.28. The molecule has 2 aromatic rings. The van der Waals surface area contributed by atoms with Gasteiger partial charge in [0.05, 0.1) is 5.52 Å². The van der Waals surface area contributed by atoms with Gasteiger partial charge in [-0.3, -0.25) is 4.98 Å². The summed E-state index contributed by atoms with van der Waals surface area (Å²) < 4.78 is 0. The molecule has 112 valence electrons. The smallest absolute Gasteiger partial charge is 0.0705 e. The van der Waals surface area contributed by atoms with Gasteiger partial charge in [-0.1, -0.05) is 31.9 Å². The van der Waals surface area contributed by atoms with Gasteiger partial charge >= 0.3 is 0 Å². The lowest BCUT2D eigenvalue weighted by Crippen LogP contribution is -2.28. The van der Waals surface area contributed by atoms with Crippen LogP contribution in [0.25, 0.3) is 10.9 Å². The summed E-state index contributed by atoms with van der Waals surface area (Å²) in [4.78, 5) is 4.61. The van der Waals surface area contributed by atoms with E-state index in [2.05, 4.69) is 42.2 Å². The molecular weight excluding hydrogens is 256 g/mol. The summed E-state index contributed by atoms with van der Waals surface area (Å²) in [5.41, 5.74) is 9.68. The van der Waals surface area contributed by atoms with E-state index in [-0.39, 0.29) is 0 Å². The molecule has 1 aliphatic carbocycles. The van der Waals surface area contributed by atoms with E-state index in [1.807, 2.05) is 6.92 Å². The molecule has 3 unspecified atom stereocenters. The van der Waals surface area contributed by atoms with Gasteiger partial charge in [-0.2, -0.15) is 0 Å². The number of nitrogens with two attached hydrogens (primary N) is 1. The first-order chi connectivity index (χ1) is 10.2. The third-order valence-electron chi connectivity index (χ3n) is 5.26. The van der Waals surface area contributed by atoms with Crippen LogP contribution in [0.3, 0.4) is 0 Å². The maximum absolute atomic E-state index is 6.04. The third kappa shape index (κ3) is 2.96. The van der Waals surface area contributed by atoms with Gasteiger partial charge in [0.1, 0.15) is 0 Å². The van der Waals surface area contributed by atoms with Crippen LogP contribution < -0.4 is 5.73 Å². The van der Waals surface area contributed by atoms with Gasteiger partial charge in [0.2, 0.25) is 0 Å². The number of hydrogen-bond donors (Lipinski definition) is 1. The molecule has 1 aliphatic rings. The van der Waals surface area contributed by atoms with Crippen molar-refractivity contribution in [1.82, 2.24) is 4.98 Å². The summed E-state index contributed by atoms with van der Waals surface area (Å²) in [5, 5.41) is 1.26. The SMILES string of the molecule is CCC1CCC(CN)C(c2ccc3nc(C)ccc3c2)C1. The van der Waals surface area contributed by atoms with Crippen molar-refractivity contribution in [3.63, 3.8) is 0 Å². The van der Waals surface area contributed by atoms with Crippen molar-refractivity contribution >= 4 is 10.9 Å². The van der Waals surface area contributed by atoms with Gasteiger partial charge in [-0.15, -0.1) is 0 Å². The number of hydrogen-bond acceptors (Lipinski definition) is 2. The highest BCUT2D eigenvalue weighted by atomic mass is 14.7. The van der Waals surface area contributed by atoms with Gasteiger partial charge in [0, 0.05) is 11.1 Å². The third-order valence-corrected chi connectivity index (χ3v) is 5.26. The lowest BCUT2D eigenvalue weighted by atomic mass is 9.70. The van der Waals surface area contributed by atoms with Crippen LogP contribution in [0.15, 0.2) is 30.3 Å². The molecule has 0 spiro atoms. The number of benzene rings is 1. The van der Waals surface area contributed by atoms with Crippen LogP contribution in [0.2, 0.25) is 0 Å². The highest BCUT2D eigenvalue weighted by molar-refractivity contribution is 5.79. The van der Waals surface area contributed by atoms with Crippen LogP contribution in [0.5, 0.6) is 0 Å². The minimum Gasteiger partial charge on any atom is -0.330 e. The maximum Gasteiger partial charge on any atom is 0.0705 e. The molecule has 1 saturated carbocycles. The molecule has 2 N–H and O–H groups in total. The zero-order valence-corrected chi connectivity index (χ0v) is 13.2. The van der Waals surface area contributed by atoms with Gasteiger partial charge in [-0.25, -0.2) is 0 Å². The fraction of sp³-hybridized carbons (Fsp3) is 0.526. The van der Waals surface area contributed by atoms with Crippen LogP contribution in [-0.2, 0) is 0 Å². The van der Waals surface area contributed by atoms with Gasteiger partial charge < -0.3 is 5.73 Å². The molecule has 2 heteroatoms. The molecule has 0 bridgehead atoms. The second-order valence-corrected chi connectivity index (χ2v) is 6.59. The number of pyridine rings is 1. The van der Waals surface area contributed by atoms with Gasteiger partial charge in [0.25, 0.3) is 0 Å². The van der Waals surface area contributed by atoms with E-state index in [1.54, 1.807) is 0 Å². The standard InChI is InChI=1S/C19H26N2/c1-3-14-5-7-17(12-20)18(10-14)15-8-9-19-16(11-15)6-4-13(2)21-19/h4,6,8-9,11,14,17-18H,3,5,7,10,12,20H2,1-2H3. The Bertz CT molecular complexity index is 620. The average Bonchev–Trinajstić information content (AvgIpc) is 2.53. The van der Waals surface area contributed by atoms with E-state index < -0.39 is 0 Å². The second-order valence-electron chi connectivity index (χ2n) is 6.59. The topological polar surface area (TPSA) is 38.9 Å². The van der Waals surface area contributed by atoms with E-state index in [0.29, 0.717) is 11.8 Å². The Hall–Kier alpha value is -1.41. The molecule has 1 fully saturated rings. The molecular formula is C19H26N2. The quantitative estimate of drug-likeness (QED) is 0.905. The van der Waals surface area contributed by atoms with Crippen molar-refractivity contribution in [2.45, 2.75) is 45.4 Å². The van der Waals surface area contributed by atoms with Crippen LogP contribution in [0, 0.1) is 18.8 Å². The van der Waals surface area contributed by atoms with Crippen molar-refractivity contribution in [2.75, 3.05) is 6.54 Å². The minimum absolute atomic E-state index is 0.624. The summed E-state index contributed by atoms with van der Waals surface area (Å²) in [5.74, 6) is 2.13.